The van der Waals surface area contributed by atoms with Gasteiger partial charge in [-0.25, -0.2) is 0 Å². The number of para-hydroxylation sites is 1. The molecule has 1 atom stereocenters. The molecule has 1 aromatic carbocycles. The summed E-state index contributed by atoms with van der Waals surface area (Å²) in [4.78, 5) is 4.45. The largest absolute Gasteiger partial charge is 0.493 e. The summed E-state index contributed by atoms with van der Waals surface area (Å²) in [5.74, 6) is 1.85. The topological polar surface area (TPSA) is 69.4 Å². The molecule has 1 aromatic heterocycles. The van der Waals surface area contributed by atoms with E-state index in [0.29, 0.717) is 31.5 Å². The predicted molar refractivity (Wildman–Crippen MR) is 72.5 cm³/mol. The Morgan fingerprint density at radius 2 is 2.30 bits per heavy atom. The third-order valence-corrected chi connectivity index (χ3v) is 3.09. The molecule has 106 valence electrons. The Kier molecular flexibility index (Phi) is 3.94. The molecule has 2 aromatic rings. The number of morpholine rings is 1. The maximum absolute atomic E-state index is 5.58. The monoisotopic (exact) mass is 275 g/mol. The third-order valence-electron chi connectivity index (χ3n) is 3.09. The van der Waals surface area contributed by atoms with E-state index in [4.69, 9.17) is 14.0 Å². The second-order valence-electron chi connectivity index (χ2n) is 4.47. The van der Waals surface area contributed by atoms with Gasteiger partial charge in [-0.15, -0.1) is 0 Å². The highest BCUT2D eigenvalue weighted by molar-refractivity contribution is 5.63. The molecule has 0 aliphatic carbocycles. The molecular formula is C14H17N3O3. The van der Waals surface area contributed by atoms with Crippen molar-refractivity contribution >= 4 is 0 Å². The molecule has 0 bridgehead atoms. The van der Waals surface area contributed by atoms with Crippen LogP contribution >= 0.6 is 0 Å². The highest BCUT2D eigenvalue weighted by Gasteiger charge is 2.22. The number of rotatable bonds is 4. The van der Waals surface area contributed by atoms with E-state index in [9.17, 15) is 0 Å². The highest BCUT2D eigenvalue weighted by Crippen LogP contribution is 2.28. The molecule has 1 fully saturated rings. The molecule has 0 radical (unpaired) electrons. The summed E-state index contributed by atoms with van der Waals surface area (Å²) in [6.07, 6.45) is 0. The first-order valence-electron chi connectivity index (χ1n) is 6.75. The Morgan fingerprint density at radius 3 is 3.10 bits per heavy atom. The molecule has 0 spiro atoms. The van der Waals surface area contributed by atoms with Crippen molar-refractivity contribution in [1.82, 2.24) is 15.5 Å². The second-order valence-corrected chi connectivity index (χ2v) is 4.47. The van der Waals surface area contributed by atoms with Crippen LogP contribution in [0.3, 0.4) is 0 Å². The molecule has 20 heavy (non-hydrogen) atoms. The van der Waals surface area contributed by atoms with Gasteiger partial charge in [-0.3, -0.25) is 0 Å². The normalized spacial score (nSPS) is 18.9. The van der Waals surface area contributed by atoms with Gasteiger partial charge in [0.15, 0.2) is 0 Å². The van der Waals surface area contributed by atoms with Gasteiger partial charge in [-0.2, -0.15) is 4.98 Å². The number of ether oxygens (including phenoxy) is 2. The lowest BCUT2D eigenvalue weighted by Crippen LogP contribution is -2.34. The van der Waals surface area contributed by atoms with Crippen molar-refractivity contribution in [1.29, 1.82) is 0 Å². The van der Waals surface area contributed by atoms with E-state index in [1.54, 1.807) is 0 Å². The fourth-order valence-corrected chi connectivity index (χ4v) is 2.14. The van der Waals surface area contributed by atoms with Crippen LogP contribution in [0, 0.1) is 0 Å². The van der Waals surface area contributed by atoms with Crippen LogP contribution in [0.1, 0.15) is 18.9 Å². The van der Waals surface area contributed by atoms with Gasteiger partial charge in [0, 0.05) is 6.54 Å². The van der Waals surface area contributed by atoms with Gasteiger partial charge in [-0.05, 0) is 19.1 Å². The number of nitrogens with one attached hydrogen (secondary N) is 1. The summed E-state index contributed by atoms with van der Waals surface area (Å²) in [5, 5.41) is 7.33. The van der Waals surface area contributed by atoms with Crippen LogP contribution < -0.4 is 10.1 Å². The van der Waals surface area contributed by atoms with Crippen molar-refractivity contribution in [2.45, 2.75) is 13.0 Å². The lowest BCUT2D eigenvalue weighted by Gasteiger charge is -2.20. The van der Waals surface area contributed by atoms with Gasteiger partial charge in [0.2, 0.25) is 11.7 Å². The molecule has 2 heterocycles. The quantitative estimate of drug-likeness (QED) is 0.917. The summed E-state index contributed by atoms with van der Waals surface area (Å²) < 4.78 is 16.3. The number of hydrogen-bond acceptors (Lipinski definition) is 6. The molecule has 3 rings (SSSR count). The van der Waals surface area contributed by atoms with Gasteiger partial charge in [0.25, 0.3) is 0 Å². The summed E-state index contributed by atoms with van der Waals surface area (Å²) in [6, 6.07) is 7.63. The Labute approximate surface area is 117 Å². The smallest absolute Gasteiger partial charge is 0.246 e. The van der Waals surface area contributed by atoms with Crippen molar-refractivity contribution < 1.29 is 14.0 Å². The Morgan fingerprint density at radius 1 is 1.40 bits per heavy atom. The summed E-state index contributed by atoms with van der Waals surface area (Å²) in [6.45, 7) is 4.60. The fraction of sp³-hybridized carbons (Fsp3) is 0.429. The number of benzene rings is 1. The van der Waals surface area contributed by atoms with E-state index in [1.165, 1.54) is 0 Å². The van der Waals surface area contributed by atoms with Crippen LogP contribution in [0.2, 0.25) is 0 Å². The molecule has 0 saturated carbocycles. The van der Waals surface area contributed by atoms with Crippen molar-refractivity contribution in [3.63, 3.8) is 0 Å². The molecule has 6 nitrogen and oxygen atoms in total. The van der Waals surface area contributed by atoms with Crippen molar-refractivity contribution in [3.8, 4) is 17.1 Å². The van der Waals surface area contributed by atoms with Gasteiger partial charge >= 0.3 is 0 Å². The zero-order valence-electron chi connectivity index (χ0n) is 11.3. The van der Waals surface area contributed by atoms with E-state index in [1.807, 2.05) is 31.2 Å². The minimum Gasteiger partial charge on any atom is -0.493 e. The predicted octanol–water partition coefficient (Wildman–Crippen LogP) is 1.80. The highest BCUT2D eigenvalue weighted by atomic mass is 16.5. The van der Waals surface area contributed by atoms with Crippen LogP contribution in [0.25, 0.3) is 11.4 Å². The molecular weight excluding hydrogens is 258 g/mol. The average molecular weight is 275 g/mol. The fourth-order valence-electron chi connectivity index (χ4n) is 2.14. The van der Waals surface area contributed by atoms with Crippen molar-refractivity contribution in [3.05, 3.63) is 30.2 Å². The van der Waals surface area contributed by atoms with E-state index in [-0.39, 0.29) is 6.04 Å². The molecule has 1 aliphatic rings. The standard InChI is InChI=1S/C14H17N3O3/c1-2-19-12-6-4-3-5-10(12)13-16-14(20-17-13)11-9-18-8-7-15-11/h3-6,11,15H,2,7-9H2,1H3. The zero-order chi connectivity index (χ0) is 13.8. The van der Waals surface area contributed by atoms with Gasteiger partial charge < -0.3 is 19.3 Å². The second kappa shape index (κ2) is 6.02. The van der Waals surface area contributed by atoms with Crippen molar-refractivity contribution in [2.24, 2.45) is 0 Å². The lowest BCUT2D eigenvalue weighted by molar-refractivity contribution is 0.0659. The minimum atomic E-state index is -0.0377. The van der Waals surface area contributed by atoms with Crippen LogP contribution in [-0.2, 0) is 4.74 Å². The molecule has 1 N–H and O–H groups in total. The summed E-state index contributed by atoms with van der Waals surface area (Å²) in [7, 11) is 0. The molecule has 1 unspecified atom stereocenters. The van der Waals surface area contributed by atoms with E-state index in [0.717, 1.165) is 17.9 Å². The molecule has 6 heteroatoms. The van der Waals surface area contributed by atoms with E-state index >= 15 is 0 Å². The Hall–Kier alpha value is -1.92. The minimum absolute atomic E-state index is 0.0377. The van der Waals surface area contributed by atoms with Gasteiger partial charge in [0.05, 0.1) is 25.4 Å². The first kappa shape index (κ1) is 13.1. The van der Waals surface area contributed by atoms with E-state index in [2.05, 4.69) is 15.5 Å². The lowest BCUT2D eigenvalue weighted by atomic mass is 10.2. The van der Waals surface area contributed by atoms with Gasteiger partial charge in [-0.1, -0.05) is 17.3 Å². The molecule has 0 amide bonds. The number of nitrogens with zero attached hydrogens (tertiary/aromatic N) is 2. The first-order chi connectivity index (χ1) is 9.88. The van der Waals surface area contributed by atoms with Crippen LogP contribution in [0.4, 0.5) is 0 Å². The third kappa shape index (κ3) is 2.66. The molecule has 1 aliphatic heterocycles. The van der Waals surface area contributed by atoms with Gasteiger partial charge in [0.1, 0.15) is 11.8 Å². The maximum atomic E-state index is 5.58. The average Bonchev–Trinajstić information content (AvgIpc) is 2.99. The van der Waals surface area contributed by atoms with Crippen LogP contribution in [-0.4, -0.2) is 36.5 Å². The van der Waals surface area contributed by atoms with Crippen LogP contribution in [0.5, 0.6) is 5.75 Å². The molecule has 1 saturated heterocycles. The first-order valence-corrected chi connectivity index (χ1v) is 6.75. The van der Waals surface area contributed by atoms with Crippen molar-refractivity contribution in [2.75, 3.05) is 26.4 Å². The zero-order valence-corrected chi connectivity index (χ0v) is 11.3. The van der Waals surface area contributed by atoms with E-state index < -0.39 is 0 Å². The SMILES string of the molecule is CCOc1ccccc1-c1noc(C2COCCN2)n1. The number of hydrogen-bond donors (Lipinski definition) is 1. The summed E-state index contributed by atoms with van der Waals surface area (Å²) in [5.41, 5.74) is 0.834. The number of aromatic nitrogens is 2. The summed E-state index contributed by atoms with van der Waals surface area (Å²) >= 11 is 0. The maximum Gasteiger partial charge on any atom is 0.246 e. The van der Waals surface area contributed by atoms with Crippen LogP contribution in [0.15, 0.2) is 28.8 Å². The Balaban J connectivity index is 1.86. The Bertz CT molecular complexity index is 564.